The van der Waals surface area contributed by atoms with Crippen LogP contribution in [0.25, 0.3) is 11.2 Å². The van der Waals surface area contributed by atoms with Crippen molar-refractivity contribution < 1.29 is 23.7 Å². The largest absolute Gasteiger partial charge is 0.381 e. The summed E-state index contributed by atoms with van der Waals surface area (Å²) in [5.41, 5.74) is 1.27. The zero-order valence-corrected chi connectivity index (χ0v) is 16.6. The van der Waals surface area contributed by atoms with E-state index < -0.39 is 30.3 Å². The van der Waals surface area contributed by atoms with Crippen molar-refractivity contribution in [1.82, 2.24) is 19.5 Å². The Morgan fingerprint density at radius 1 is 1.24 bits per heavy atom. The van der Waals surface area contributed by atoms with E-state index in [1.165, 1.54) is 6.33 Å². The van der Waals surface area contributed by atoms with Crippen LogP contribution in [0.3, 0.4) is 0 Å². The van der Waals surface area contributed by atoms with Crippen LogP contribution in [0.4, 0.5) is 5.82 Å². The summed E-state index contributed by atoms with van der Waals surface area (Å²) in [5, 5.41) is 3.47. The van der Waals surface area contributed by atoms with Gasteiger partial charge in [0, 0.05) is 13.2 Å². The van der Waals surface area contributed by atoms with Gasteiger partial charge < -0.3 is 29.1 Å². The van der Waals surface area contributed by atoms with Gasteiger partial charge in [0.05, 0.1) is 12.4 Å². The topological polar surface area (TPSA) is 110 Å². The van der Waals surface area contributed by atoms with Crippen molar-refractivity contribution in [2.24, 2.45) is 0 Å². The number of aldehydes is 1. The Hall–Kier alpha value is -2.14. The Bertz CT molecular complexity index is 918. The van der Waals surface area contributed by atoms with E-state index in [0.717, 1.165) is 25.5 Å². The highest BCUT2D eigenvalue weighted by molar-refractivity contribution is 5.82. The molecular formula is C19H25N5O5. The molecule has 3 aliphatic rings. The standard InChI is InChI=1S/C19H25N5O5/c1-19(2)28-14-12(7-25)27-18(15(14)29-19)24-9-22-13-16(20-8-21-17(13)24)23-10-4-5-11(6-10)26-3/h7-12,14-15,18H,4-6H2,1-3H3,(H,20,21,23)/t10?,11?,12-,14-,15+,18+/m0/s1. The first-order valence-electron chi connectivity index (χ1n) is 9.92. The molecule has 156 valence electrons. The quantitative estimate of drug-likeness (QED) is 0.741. The summed E-state index contributed by atoms with van der Waals surface area (Å²) in [6, 6.07) is 0.280. The normalized spacial score (nSPS) is 35.8. The number of aromatic nitrogens is 4. The summed E-state index contributed by atoms with van der Waals surface area (Å²) in [4.78, 5) is 24.8. The zero-order chi connectivity index (χ0) is 20.2. The van der Waals surface area contributed by atoms with Gasteiger partial charge in [-0.25, -0.2) is 15.0 Å². The summed E-state index contributed by atoms with van der Waals surface area (Å²) in [7, 11) is 1.75. The van der Waals surface area contributed by atoms with E-state index in [9.17, 15) is 4.79 Å². The van der Waals surface area contributed by atoms with E-state index in [1.54, 1.807) is 18.0 Å². The van der Waals surface area contributed by atoms with Crippen molar-refractivity contribution in [2.75, 3.05) is 12.4 Å². The third-order valence-electron chi connectivity index (χ3n) is 5.89. The molecule has 4 heterocycles. The molecule has 0 aromatic carbocycles. The monoisotopic (exact) mass is 403 g/mol. The smallest absolute Gasteiger partial charge is 0.167 e. The number of hydrogen-bond acceptors (Lipinski definition) is 9. The van der Waals surface area contributed by atoms with E-state index in [1.807, 2.05) is 13.8 Å². The van der Waals surface area contributed by atoms with Crippen molar-refractivity contribution in [3.8, 4) is 0 Å². The molecule has 1 aliphatic carbocycles. The van der Waals surface area contributed by atoms with Crippen molar-refractivity contribution in [3.05, 3.63) is 12.7 Å². The number of fused-ring (bicyclic) bond motifs is 2. The van der Waals surface area contributed by atoms with Gasteiger partial charge in [-0.2, -0.15) is 0 Å². The highest BCUT2D eigenvalue weighted by Crippen LogP contribution is 2.43. The molecule has 5 rings (SSSR count). The van der Waals surface area contributed by atoms with Crippen LogP contribution < -0.4 is 5.32 Å². The molecule has 0 radical (unpaired) electrons. The fourth-order valence-corrected chi connectivity index (χ4v) is 4.56. The zero-order valence-electron chi connectivity index (χ0n) is 16.6. The molecule has 10 heteroatoms. The summed E-state index contributed by atoms with van der Waals surface area (Å²) in [6.07, 6.45) is 5.00. The fraction of sp³-hybridized carbons (Fsp3) is 0.684. The van der Waals surface area contributed by atoms with E-state index in [-0.39, 0.29) is 12.1 Å². The number of nitrogens with one attached hydrogen (secondary N) is 1. The van der Waals surface area contributed by atoms with Gasteiger partial charge in [-0.15, -0.1) is 0 Å². The minimum Gasteiger partial charge on any atom is -0.381 e. The first-order chi connectivity index (χ1) is 14.0. The first-order valence-corrected chi connectivity index (χ1v) is 9.92. The van der Waals surface area contributed by atoms with Crippen LogP contribution in [0, 0.1) is 0 Å². The third-order valence-corrected chi connectivity index (χ3v) is 5.89. The lowest BCUT2D eigenvalue weighted by Gasteiger charge is -2.23. The molecule has 1 N–H and O–H groups in total. The molecule has 0 amide bonds. The first kappa shape index (κ1) is 18.9. The molecule has 0 spiro atoms. The minimum atomic E-state index is -0.781. The maximum Gasteiger partial charge on any atom is 0.167 e. The van der Waals surface area contributed by atoms with Crippen molar-refractivity contribution in [2.45, 2.75) is 75.6 Å². The Labute approximate surface area is 167 Å². The highest BCUT2D eigenvalue weighted by atomic mass is 16.8. The number of imidazole rings is 1. The lowest BCUT2D eigenvalue weighted by Crippen LogP contribution is -2.30. The lowest BCUT2D eigenvalue weighted by molar-refractivity contribution is -0.194. The van der Waals surface area contributed by atoms with Crippen molar-refractivity contribution in [1.29, 1.82) is 0 Å². The molecule has 2 aromatic rings. The molecule has 0 bridgehead atoms. The Kier molecular flexibility index (Phi) is 4.54. The van der Waals surface area contributed by atoms with E-state index >= 15 is 0 Å². The van der Waals surface area contributed by atoms with Crippen LogP contribution in [0.1, 0.15) is 39.3 Å². The van der Waals surface area contributed by atoms with Gasteiger partial charge in [0.15, 0.2) is 35.3 Å². The molecule has 2 aliphatic heterocycles. The summed E-state index contributed by atoms with van der Waals surface area (Å²) in [5.74, 6) is -0.0993. The van der Waals surface area contributed by atoms with Gasteiger partial charge in [0.2, 0.25) is 0 Å². The van der Waals surface area contributed by atoms with Gasteiger partial charge in [0.1, 0.15) is 24.6 Å². The molecule has 3 fully saturated rings. The molecule has 1 saturated carbocycles. The number of hydrogen-bond donors (Lipinski definition) is 1. The van der Waals surface area contributed by atoms with Crippen molar-refractivity contribution >= 4 is 23.3 Å². The third kappa shape index (κ3) is 3.20. The van der Waals surface area contributed by atoms with Gasteiger partial charge in [-0.1, -0.05) is 0 Å². The van der Waals surface area contributed by atoms with Gasteiger partial charge in [-0.3, -0.25) is 4.57 Å². The molecule has 2 saturated heterocycles. The fourth-order valence-electron chi connectivity index (χ4n) is 4.56. The van der Waals surface area contributed by atoms with Crippen LogP contribution in [0.2, 0.25) is 0 Å². The Morgan fingerprint density at radius 3 is 2.83 bits per heavy atom. The average Bonchev–Trinajstić information content (AvgIpc) is 3.44. The van der Waals surface area contributed by atoms with Crippen molar-refractivity contribution in [3.63, 3.8) is 0 Å². The molecule has 2 unspecified atom stereocenters. The molecule has 2 aromatic heterocycles. The number of carbonyl (C=O) groups is 1. The van der Waals surface area contributed by atoms with Crippen LogP contribution in [-0.4, -0.2) is 69.2 Å². The number of nitrogens with zero attached hydrogens (tertiary/aromatic N) is 4. The maximum absolute atomic E-state index is 11.5. The van der Waals surface area contributed by atoms with E-state index in [2.05, 4.69) is 20.3 Å². The van der Waals surface area contributed by atoms with Crippen LogP contribution in [-0.2, 0) is 23.7 Å². The lowest BCUT2D eigenvalue weighted by atomic mass is 10.1. The predicted octanol–water partition coefficient (Wildman–Crippen LogP) is 1.42. The number of anilines is 1. The van der Waals surface area contributed by atoms with Crippen LogP contribution in [0.15, 0.2) is 12.7 Å². The number of rotatable bonds is 5. The number of ether oxygens (including phenoxy) is 4. The maximum atomic E-state index is 11.5. The highest BCUT2D eigenvalue weighted by Gasteiger charge is 2.56. The SMILES string of the molecule is COC1CCC(Nc2ncnc3c2ncn3[C@@H]2O[C@@H](C=O)[C@@H]3OC(C)(C)O[C@H]32)C1. The second kappa shape index (κ2) is 6.98. The van der Waals surface area contributed by atoms with E-state index in [0.29, 0.717) is 17.0 Å². The second-order valence-corrected chi connectivity index (χ2v) is 8.25. The molecule has 10 nitrogen and oxygen atoms in total. The van der Waals surface area contributed by atoms with Crippen LogP contribution in [0.5, 0.6) is 0 Å². The molecular weight excluding hydrogens is 378 g/mol. The summed E-state index contributed by atoms with van der Waals surface area (Å²) >= 11 is 0. The minimum absolute atomic E-state index is 0.273. The molecule has 6 atom stereocenters. The van der Waals surface area contributed by atoms with Gasteiger partial charge in [0.25, 0.3) is 0 Å². The number of carbonyl (C=O) groups excluding carboxylic acids is 1. The van der Waals surface area contributed by atoms with Gasteiger partial charge in [-0.05, 0) is 33.1 Å². The Morgan fingerprint density at radius 2 is 2.07 bits per heavy atom. The molecule has 29 heavy (non-hydrogen) atoms. The summed E-state index contributed by atoms with van der Waals surface area (Å²) in [6.45, 7) is 3.66. The number of methoxy groups -OCH3 is 1. The van der Waals surface area contributed by atoms with Crippen LogP contribution >= 0.6 is 0 Å². The Balaban J connectivity index is 1.44. The van der Waals surface area contributed by atoms with Gasteiger partial charge >= 0.3 is 0 Å². The predicted molar refractivity (Wildman–Crippen MR) is 101 cm³/mol. The second-order valence-electron chi connectivity index (χ2n) is 8.25. The average molecular weight is 403 g/mol. The summed E-state index contributed by atoms with van der Waals surface area (Å²) < 4.78 is 25.1. The van der Waals surface area contributed by atoms with E-state index in [4.69, 9.17) is 18.9 Å².